The highest BCUT2D eigenvalue weighted by Gasteiger charge is 2.19. The molecule has 1 saturated carbocycles. The Balaban J connectivity index is 1.49. The van der Waals surface area contributed by atoms with Gasteiger partial charge in [-0.05, 0) is 61.8 Å². The zero-order valence-corrected chi connectivity index (χ0v) is 16.2. The number of sulfonamides is 1. The quantitative estimate of drug-likeness (QED) is 0.747. The third-order valence-corrected chi connectivity index (χ3v) is 6.95. The smallest absolute Gasteiger partial charge is 0.240 e. The van der Waals surface area contributed by atoms with Crippen LogP contribution in [0.1, 0.15) is 68.9 Å². The van der Waals surface area contributed by atoms with Crippen LogP contribution in [0.2, 0.25) is 0 Å². The second kappa shape index (κ2) is 9.00. The fourth-order valence-corrected chi connectivity index (χ4v) is 5.06. The summed E-state index contributed by atoms with van der Waals surface area (Å²) in [7, 11) is -3.56. The lowest BCUT2D eigenvalue weighted by Crippen LogP contribution is -2.36. The molecule has 1 aromatic rings. The lowest BCUT2D eigenvalue weighted by atomic mass is 9.92. The molecular formula is C20H30N2O3S. The summed E-state index contributed by atoms with van der Waals surface area (Å²) in [6.45, 7) is 0.137. The Morgan fingerprint density at radius 1 is 0.962 bits per heavy atom. The molecule has 1 fully saturated rings. The van der Waals surface area contributed by atoms with E-state index in [1.54, 1.807) is 12.1 Å². The van der Waals surface area contributed by atoms with E-state index in [0.717, 1.165) is 50.5 Å². The van der Waals surface area contributed by atoms with Gasteiger partial charge in [0.25, 0.3) is 0 Å². The number of carbonyl (C=O) groups is 1. The van der Waals surface area contributed by atoms with E-state index in [0.29, 0.717) is 4.90 Å². The van der Waals surface area contributed by atoms with Gasteiger partial charge >= 0.3 is 0 Å². The number of hydrogen-bond acceptors (Lipinski definition) is 3. The fourth-order valence-electron chi connectivity index (χ4n) is 3.98. The predicted octanol–water partition coefficient (Wildman–Crippen LogP) is 3.07. The zero-order valence-electron chi connectivity index (χ0n) is 15.4. The Bertz CT molecular complexity index is 723. The van der Waals surface area contributed by atoms with Gasteiger partial charge in [-0.25, -0.2) is 13.1 Å². The lowest BCUT2D eigenvalue weighted by molar-refractivity contribution is -0.121. The first-order valence-corrected chi connectivity index (χ1v) is 11.4. The Morgan fingerprint density at radius 3 is 2.38 bits per heavy atom. The second-order valence-corrected chi connectivity index (χ2v) is 9.31. The predicted molar refractivity (Wildman–Crippen MR) is 103 cm³/mol. The normalized spacial score (nSPS) is 18.8. The summed E-state index contributed by atoms with van der Waals surface area (Å²) in [5.74, 6) is -0.0648. The van der Waals surface area contributed by atoms with Crippen molar-refractivity contribution in [3.8, 4) is 0 Å². The molecule has 0 spiro atoms. The molecule has 0 aliphatic heterocycles. The minimum absolute atomic E-state index is 0.0648. The molecule has 144 valence electrons. The second-order valence-electron chi connectivity index (χ2n) is 7.54. The molecule has 26 heavy (non-hydrogen) atoms. The average Bonchev–Trinajstić information content (AvgIpc) is 2.89. The van der Waals surface area contributed by atoms with Gasteiger partial charge in [0.05, 0.1) is 4.90 Å². The molecule has 0 unspecified atom stereocenters. The van der Waals surface area contributed by atoms with Crippen LogP contribution in [0.3, 0.4) is 0 Å². The van der Waals surface area contributed by atoms with Crippen LogP contribution in [0.4, 0.5) is 0 Å². The number of rotatable bonds is 6. The molecule has 1 aromatic carbocycles. The fraction of sp³-hybridized carbons (Fsp3) is 0.650. The van der Waals surface area contributed by atoms with E-state index < -0.39 is 10.0 Å². The number of aryl methyl sites for hydroxylation is 2. The highest BCUT2D eigenvalue weighted by molar-refractivity contribution is 7.89. The average molecular weight is 379 g/mol. The van der Waals surface area contributed by atoms with Gasteiger partial charge in [-0.2, -0.15) is 0 Å². The molecule has 6 heteroatoms. The standard InChI is InChI=1S/C20H30N2O3S/c23-20(22-18-9-3-1-2-4-10-18)13-14-21-26(24,25)19-12-11-16-7-5-6-8-17(16)15-19/h11-12,15,18,21H,1-10,13-14H2,(H,22,23). The van der Waals surface area contributed by atoms with Gasteiger partial charge in [0.1, 0.15) is 0 Å². The SMILES string of the molecule is O=C(CCNS(=O)(=O)c1ccc2c(c1)CCCC2)NC1CCCCCC1. The molecule has 0 atom stereocenters. The Morgan fingerprint density at radius 2 is 1.65 bits per heavy atom. The first kappa shape index (κ1) is 19.4. The minimum atomic E-state index is -3.56. The first-order chi connectivity index (χ1) is 12.5. The van der Waals surface area contributed by atoms with Crippen molar-refractivity contribution >= 4 is 15.9 Å². The van der Waals surface area contributed by atoms with Gasteiger partial charge < -0.3 is 5.32 Å². The van der Waals surface area contributed by atoms with Crippen LogP contribution >= 0.6 is 0 Å². The third kappa shape index (κ3) is 5.30. The maximum absolute atomic E-state index is 12.5. The summed E-state index contributed by atoms with van der Waals surface area (Å²) >= 11 is 0. The number of nitrogens with one attached hydrogen (secondary N) is 2. The van der Waals surface area contributed by atoms with Crippen molar-refractivity contribution in [1.82, 2.24) is 10.0 Å². The largest absolute Gasteiger partial charge is 0.353 e. The van der Waals surface area contributed by atoms with Crippen molar-refractivity contribution in [2.75, 3.05) is 6.54 Å². The maximum atomic E-state index is 12.5. The summed E-state index contributed by atoms with van der Waals surface area (Å²) < 4.78 is 27.6. The highest BCUT2D eigenvalue weighted by atomic mass is 32.2. The zero-order chi connectivity index (χ0) is 18.4. The number of carbonyl (C=O) groups excluding carboxylic acids is 1. The molecule has 0 radical (unpaired) electrons. The summed E-state index contributed by atoms with van der Waals surface area (Å²) in [5, 5.41) is 3.05. The molecule has 0 bridgehead atoms. The molecule has 0 heterocycles. The van der Waals surface area contributed by atoms with Crippen LogP contribution in [-0.2, 0) is 27.7 Å². The van der Waals surface area contributed by atoms with Crippen LogP contribution in [-0.4, -0.2) is 26.9 Å². The topological polar surface area (TPSA) is 75.3 Å². The molecular weight excluding hydrogens is 348 g/mol. The summed E-state index contributed by atoms with van der Waals surface area (Å²) in [6, 6.07) is 5.66. The highest BCUT2D eigenvalue weighted by Crippen LogP contribution is 2.24. The van der Waals surface area contributed by atoms with Crippen LogP contribution in [0, 0.1) is 0 Å². The maximum Gasteiger partial charge on any atom is 0.240 e. The van der Waals surface area contributed by atoms with Gasteiger partial charge in [0.2, 0.25) is 15.9 Å². The summed E-state index contributed by atoms with van der Waals surface area (Å²) in [5.41, 5.74) is 2.41. The molecule has 0 saturated heterocycles. The Kier molecular flexibility index (Phi) is 6.70. The Hall–Kier alpha value is -1.40. The number of amides is 1. The monoisotopic (exact) mass is 378 g/mol. The molecule has 2 aliphatic rings. The van der Waals surface area contributed by atoms with Crippen molar-refractivity contribution in [3.05, 3.63) is 29.3 Å². The molecule has 0 aromatic heterocycles. The minimum Gasteiger partial charge on any atom is -0.353 e. The van der Waals surface area contributed by atoms with E-state index in [4.69, 9.17) is 0 Å². The Labute approximate surface area is 157 Å². The summed E-state index contributed by atoms with van der Waals surface area (Å²) in [4.78, 5) is 12.4. The van der Waals surface area contributed by atoms with E-state index in [9.17, 15) is 13.2 Å². The summed E-state index contributed by atoms with van der Waals surface area (Å²) in [6.07, 6.45) is 11.3. The van der Waals surface area contributed by atoms with Crippen LogP contribution in [0.5, 0.6) is 0 Å². The van der Waals surface area contributed by atoms with E-state index in [1.807, 2.05) is 6.07 Å². The first-order valence-electron chi connectivity index (χ1n) is 9.95. The van der Waals surface area contributed by atoms with E-state index >= 15 is 0 Å². The van der Waals surface area contributed by atoms with Crippen LogP contribution in [0.15, 0.2) is 23.1 Å². The number of hydrogen-bond donors (Lipinski definition) is 2. The van der Waals surface area contributed by atoms with Crippen molar-refractivity contribution in [1.29, 1.82) is 0 Å². The lowest BCUT2D eigenvalue weighted by Gasteiger charge is -2.17. The molecule has 2 aliphatic carbocycles. The van der Waals surface area contributed by atoms with Crippen molar-refractivity contribution in [2.24, 2.45) is 0 Å². The van der Waals surface area contributed by atoms with Crippen molar-refractivity contribution in [2.45, 2.75) is 81.6 Å². The van der Waals surface area contributed by atoms with E-state index in [-0.39, 0.29) is 24.9 Å². The number of fused-ring (bicyclic) bond motifs is 1. The molecule has 2 N–H and O–H groups in total. The van der Waals surface area contributed by atoms with Gasteiger partial charge in [0, 0.05) is 19.0 Å². The van der Waals surface area contributed by atoms with Crippen LogP contribution < -0.4 is 10.0 Å². The van der Waals surface area contributed by atoms with E-state index in [1.165, 1.54) is 24.8 Å². The van der Waals surface area contributed by atoms with Crippen LogP contribution in [0.25, 0.3) is 0 Å². The van der Waals surface area contributed by atoms with Gasteiger partial charge in [0.15, 0.2) is 0 Å². The van der Waals surface area contributed by atoms with Gasteiger partial charge in [-0.1, -0.05) is 31.7 Å². The van der Waals surface area contributed by atoms with Crippen molar-refractivity contribution in [3.63, 3.8) is 0 Å². The number of benzene rings is 1. The molecule has 3 rings (SSSR count). The third-order valence-electron chi connectivity index (χ3n) is 5.49. The molecule has 1 amide bonds. The molecule has 5 nitrogen and oxygen atoms in total. The van der Waals surface area contributed by atoms with E-state index in [2.05, 4.69) is 10.0 Å². The van der Waals surface area contributed by atoms with Gasteiger partial charge in [-0.3, -0.25) is 4.79 Å². The van der Waals surface area contributed by atoms with Gasteiger partial charge in [-0.15, -0.1) is 0 Å². The van der Waals surface area contributed by atoms with Crippen molar-refractivity contribution < 1.29 is 13.2 Å².